The van der Waals surface area contributed by atoms with Crippen molar-refractivity contribution in [1.82, 2.24) is 10.2 Å². The molecule has 1 atom stereocenters. The summed E-state index contributed by atoms with van der Waals surface area (Å²) in [5.74, 6) is -1.83. The fraction of sp³-hybridized carbons (Fsp3) is 0.909. The number of hydrogen-bond donors (Lipinski definition) is 1. The highest BCUT2D eigenvalue weighted by molar-refractivity contribution is 5.82. The van der Waals surface area contributed by atoms with Crippen molar-refractivity contribution in [3.8, 4) is 0 Å². The van der Waals surface area contributed by atoms with E-state index in [0.29, 0.717) is 19.4 Å². The fourth-order valence-corrected chi connectivity index (χ4v) is 2.14. The SMILES string of the molecule is CCC1(NC(=O)C(F)(F)F)CCN(C(C)C)C1. The lowest BCUT2D eigenvalue weighted by Crippen LogP contribution is -2.54. The van der Waals surface area contributed by atoms with Gasteiger partial charge in [0.15, 0.2) is 0 Å². The molecular weight excluding hydrogens is 233 g/mol. The third kappa shape index (κ3) is 3.34. The molecule has 1 heterocycles. The first-order chi connectivity index (χ1) is 7.70. The van der Waals surface area contributed by atoms with Gasteiger partial charge in [0.1, 0.15) is 0 Å². The van der Waals surface area contributed by atoms with Crippen LogP contribution in [0.25, 0.3) is 0 Å². The van der Waals surface area contributed by atoms with E-state index in [-0.39, 0.29) is 6.04 Å². The van der Waals surface area contributed by atoms with Gasteiger partial charge in [-0.05, 0) is 26.7 Å². The molecule has 0 aromatic heterocycles. The molecular formula is C11H19F3N2O. The lowest BCUT2D eigenvalue weighted by molar-refractivity contribution is -0.175. The van der Waals surface area contributed by atoms with Crippen LogP contribution in [-0.2, 0) is 4.79 Å². The van der Waals surface area contributed by atoms with Crippen molar-refractivity contribution in [1.29, 1.82) is 0 Å². The average Bonchev–Trinajstić information content (AvgIpc) is 2.61. The number of likely N-dealkylation sites (tertiary alicyclic amines) is 1. The minimum Gasteiger partial charge on any atom is -0.342 e. The third-order valence-corrected chi connectivity index (χ3v) is 3.43. The summed E-state index contributed by atoms with van der Waals surface area (Å²) >= 11 is 0. The monoisotopic (exact) mass is 252 g/mol. The van der Waals surface area contributed by atoms with Crippen molar-refractivity contribution >= 4 is 5.91 Å². The maximum Gasteiger partial charge on any atom is 0.471 e. The van der Waals surface area contributed by atoms with Crippen molar-refractivity contribution in [3.63, 3.8) is 0 Å². The Morgan fingerprint density at radius 3 is 2.41 bits per heavy atom. The maximum atomic E-state index is 12.2. The molecule has 0 spiro atoms. The maximum absolute atomic E-state index is 12.2. The first kappa shape index (κ1) is 14.3. The Bertz CT molecular complexity index is 291. The van der Waals surface area contributed by atoms with E-state index >= 15 is 0 Å². The molecule has 1 amide bonds. The van der Waals surface area contributed by atoms with Gasteiger partial charge < -0.3 is 5.32 Å². The van der Waals surface area contributed by atoms with E-state index in [0.717, 1.165) is 6.54 Å². The molecule has 1 saturated heterocycles. The number of amides is 1. The predicted octanol–water partition coefficient (Wildman–Crippen LogP) is 1.93. The van der Waals surface area contributed by atoms with E-state index in [1.807, 2.05) is 13.8 Å². The topological polar surface area (TPSA) is 32.3 Å². The quantitative estimate of drug-likeness (QED) is 0.832. The molecule has 0 aliphatic carbocycles. The summed E-state index contributed by atoms with van der Waals surface area (Å²) in [4.78, 5) is 13.1. The smallest absolute Gasteiger partial charge is 0.342 e. The Labute approximate surface area is 99.4 Å². The Hall–Kier alpha value is -0.780. The van der Waals surface area contributed by atoms with Gasteiger partial charge in [0.05, 0.1) is 5.54 Å². The van der Waals surface area contributed by atoms with E-state index < -0.39 is 17.6 Å². The van der Waals surface area contributed by atoms with Gasteiger partial charge in [-0.15, -0.1) is 0 Å². The highest BCUT2D eigenvalue weighted by Gasteiger charge is 2.46. The Morgan fingerprint density at radius 1 is 1.47 bits per heavy atom. The van der Waals surface area contributed by atoms with Crippen LogP contribution in [0.5, 0.6) is 0 Å². The highest BCUT2D eigenvalue weighted by atomic mass is 19.4. The zero-order valence-corrected chi connectivity index (χ0v) is 10.4. The van der Waals surface area contributed by atoms with Crippen LogP contribution >= 0.6 is 0 Å². The molecule has 3 nitrogen and oxygen atoms in total. The Balaban J connectivity index is 2.69. The van der Waals surface area contributed by atoms with Crippen molar-refractivity contribution in [2.45, 2.75) is 51.4 Å². The molecule has 0 bridgehead atoms. The van der Waals surface area contributed by atoms with Gasteiger partial charge in [0, 0.05) is 19.1 Å². The van der Waals surface area contributed by atoms with E-state index in [4.69, 9.17) is 0 Å². The van der Waals surface area contributed by atoms with Crippen molar-refractivity contribution in [3.05, 3.63) is 0 Å². The zero-order chi connectivity index (χ0) is 13.3. The summed E-state index contributed by atoms with van der Waals surface area (Å²) in [6.07, 6.45) is -3.71. The zero-order valence-electron chi connectivity index (χ0n) is 10.4. The average molecular weight is 252 g/mol. The molecule has 6 heteroatoms. The number of carbonyl (C=O) groups excluding carboxylic acids is 1. The summed E-state index contributed by atoms with van der Waals surface area (Å²) < 4.78 is 36.7. The van der Waals surface area contributed by atoms with Gasteiger partial charge >= 0.3 is 12.1 Å². The molecule has 0 radical (unpaired) electrons. The van der Waals surface area contributed by atoms with E-state index in [1.165, 1.54) is 0 Å². The molecule has 1 rings (SSSR count). The second-order valence-electron chi connectivity index (χ2n) is 4.90. The van der Waals surface area contributed by atoms with Crippen LogP contribution in [0.3, 0.4) is 0 Å². The van der Waals surface area contributed by atoms with E-state index in [2.05, 4.69) is 10.2 Å². The van der Waals surface area contributed by atoms with Gasteiger partial charge in [-0.25, -0.2) is 0 Å². The van der Waals surface area contributed by atoms with Crippen LogP contribution in [0, 0.1) is 0 Å². The summed E-state index contributed by atoms with van der Waals surface area (Å²) in [6, 6.07) is 0.284. The first-order valence-corrected chi connectivity index (χ1v) is 5.83. The number of alkyl halides is 3. The highest BCUT2D eigenvalue weighted by Crippen LogP contribution is 2.28. The number of nitrogens with zero attached hydrogens (tertiary/aromatic N) is 1. The van der Waals surface area contributed by atoms with Crippen LogP contribution < -0.4 is 5.32 Å². The lowest BCUT2D eigenvalue weighted by atomic mass is 9.95. The molecule has 0 saturated carbocycles. The van der Waals surface area contributed by atoms with Gasteiger partial charge in [-0.2, -0.15) is 13.2 Å². The second kappa shape index (κ2) is 4.84. The van der Waals surface area contributed by atoms with Crippen LogP contribution in [0.1, 0.15) is 33.6 Å². The fourth-order valence-electron chi connectivity index (χ4n) is 2.14. The molecule has 1 N–H and O–H groups in total. The summed E-state index contributed by atoms with van der Waals surface area (Å²) in [5, 5.41) is 2.16. The van der Waals surface area contributed by atoms with Crippen molar-refractivity contribution in [2.24, 2.45) is 0 Å². The van der Waals surface area contributed by atoms with Gasteiger partial charge in [0.25, 0.3) is 0 Å². The van der Waals surface area contributed by atoms with Crippen LogP contribution in [-0.4, -0.2) is 41.7 Å². The predicted molar refractivity (Wildman–Crippen MR) is 58.5 cm³/mol. The minimum atomic E-state index is -4.80. The Kier molecular flexibility index (Phi) is 4.06. The van der Waals surface area contributed by atoms with E-state index in [9.17, 15) is 18.0 Å². The van der Waals surface area contributed by atoms with Crippen LogP contribution in [0.4, 0.5) is 13.2 Å². The molecule has 1 fully saturated rings. The van der Waals surface area contributed by atoms with Gasteiger partial charge in [-0.3, -0.25) is 9.69 Å². The molecule has 1 unspecified atom stereocenters. The third-order valence-electron chi connectivity index (χ3n) is 3.43. The molecule has 1 aliphatic heterocycles. The van der Waals surface area contributed by atoms with Gasteiger partial charge in [-0.1, -0.05) is 6.92 Å². The number of nitrogens with one attached hydrogen (secondary N) is 1. The molecule has 17 heavy (non-hydrogen) atoms. The standard InChI is InChI=1S/C11H19F3N2O/c1-4-10(15-9(17)11(12,13)14)5-6-16(7-10)8(2)3/h8H,4-7H2,1-3H3,(H,15,17). The van der Waals surface area contributed by atoms with Crippen LogP contribution in [0.2, 0.25) is 0 Å². The van der Waals surface area contributed by atoms with Crippen molar-refractivity contribution in [2.75, 3.05) is 13.1 Å². The molecule has 1 aliphatic rings. The number of halogens is 3. The number of rotatable bonds is 3. The summed E-state index contributed by atoms with van der Waals surface area (Å²) in [7, 11) is 0. The normalized spacial score (nSPS) is 26.5. The van der Waals surface area contributed by atoms with E-state index in [1.54, 1.807) is 6.92 Å². The molecule has 0 aromatic rings. The second-order valence-corrected chi connectivity index (χ2v) is 4.90. The first-order valence-electron chi connectivity index (χ1n) is 5.83. The van der Waals surface area contributed by atoms with Crippen molar-refractivity contribution < 1.29 is 18.0 Å². The number of carbonyl (C=O) groups is 1. The summed E-state index contributed by atoms with van der Waals surface area (Å²) in [5.41, 5.74) is -0.725. The lowest BCUT2D eigenvalue weighted by Gasteiger charge is -2.31. The molecule has 100 valence electrons. The van der Waals surface area contributed by atoms with Crippen LogP contribution in [0.15, 0.2) is 0 Å². The molecule has 0 aromatic carbocycles. The minimum absolute atomic E-state index is 0.284. The largest absolute Gasteiger partial charge is 0.471 e. The summed E-state index contributed by atoms with van der Waals surface area (Å²) in [6.45, 7) is 7.02. The Morgan fingerprint density at radius 2 is 2.06 bits per heavy atom. The number of hydrogen-bond acceptors (Lipinski definition) is 2. The van der Waals surface area contributed by atoms with Gasteiger partial charge in [0.2, 0.25) is 0 Å².